The van der Waals surface area contributed by atoms with Crippen LogP contribution in [0.1, 0.15) is 12.5 Å². The van der Waals surface area contributed by atoms with Gasteiger partial charge in [-0.25, -0.2) is 9.59 Å². The summed E-state index contributed by atoms with van der Waals surface area (Å²) in [6.45, 7) is 1.73. The van der Waals surface area contributed by atoms with Gasteiger partial charge in [-0.2, -0.15) is 0 Å². The largest absolute Gasteiger partial charge is 0.459 e. The van der Waals surface area contributed by atoms with E-state index in [-0.39, 0.29) is 11.2 Å². The van der Waals surface area contributed by atoms with Gasteiger partial charge in [0.05, 0.1) is 0 Å². The van der Waals surface area contributed by atoms with Crippen molar-refractivity contribution in [1.29, 1.82) is 0 Å². The van der Waals surface area contributed by atoms with Crippen LogP contribution in [0, 0.1) is 0 Å². The summed E-state index contributed by atoms with van der Waals surface area (Å²) < 4.78 is 9.94. The van der Waals surface area contributed by atoms with Gasteiger partial charge in [-0.1, -0.05) is 30.3 Å². The van der Waals surface area contributed by atoms with Crippen molar-refractivity contribution in [3.05, 3.63) is 35.9 Å². The number of alkyl carbamates (subject to hydrolysis) is 1. The van der Waals surface area contributed by atoms with Crippen LogP contribution in [-0.4, -0.2) is 22.7 Å². The van der Waals surface area contributed by atoms with Crippen LogP contribution in [0.15, 0.2) is 30.3 Å². The molecule has 0 unspecified atom stereocenters. The van der Waals surface area contributed by atoms with E-state index in [9.17, 15) is 9.59 Å². The predicted molar refractivity (Wildman–Crippen MR) is 74.2 cm³/mol. The van der Waals surface area contributed by atoms with Gasteiger partial charge in [0.25, 0.3) is 0 Å². The first-order valence-corrected chi connectivity index (χ1v) is 6.86. The van der Waals surface area contributed by atoms with Crippen molar-refractivity contribution in [2.75, 3.05) is 4.61 Å². The third-order valence-corrected chi connectivity index (χ3v) is 2.41. The molecule has 0 aromatic heterocycles. The molecule has 0 heterocycles. The average Bonchev–Trinajstić information content (AvgIpc) is 2.37. The Morgan fingerprint density at radius 3 is 2.56 bits per heavy atom. The maximum atomic E-state index is 11.6. The molecular formula is C12H14INO4. The summed E-state index contributed by atoms with van der Waals surface area (Å²) in [6, 6.07) is 8.59. The van der Waals surface area contributed by atoms with Crippen LogP contribution < -0.4 is 5.32 Å². The lowest BCUT2D eigenvalue weighted by Gasteiger charge is -2.12. The van der Waals surface area contributed by atoms with Gasteiger partial charge >= 0.3 is 12.1 Å². The monoisotopic (exact) mass is 363 g/mol. The Morgan fingerprint density at radius 2 is 1.94 bits per heavy atom. The second kappa shape index (κ2) is 7.91. The Balaban J connectivity index is 2.34. The van der Waals surface area contributed by atoms with Gasteiger partial charge in [-0.3, -0.25) is 0 Å². The summed E-state index contributed by atoms with van der Waals surface area (Å²) in [5.74, 6) is -0.496. The number of nitrogens with one attached hydrogen (secondary N) is 1. The molecule has 0 saturated carbocycles. The van der Waals surface area contributed by atoms with Crippen molar-refractivity contribution < 1.29 is 19.1 Å². The van der Waals surface area contributed by atoms with Crippen LogP contribution in [0.2, 0.25) is 0 Å². The molecule has 0 aliphatic carbocycles. The van der Waals surface area contributed by atoms with Crippen LogP contribution in [0.25, 0.3) is 0 Å². The van der Waals surface area contributed by atoms with E-state index in [1.54, 1.807) is 6.92 Å². The lowest BCUT2D eigenvalue weighted by molar-refractivity contribution is -0.146. The van der Waals surface area contributed by atoms with Gasteiger partial charge in [0.1, 0.15) is 17.3 Å². The molecule has 1 aromatic carbocycles. The topological polar surface area (TPSA) is 64.6 Å². The minimum Gasteiger partial charge on any atom is -0.459 e. The van der Waals surface area contributed by atoms with Crippen LogP contribution in [0.4, 0.5) is 4.79 Å². The van der Waals surface area contributed by atoms with Crippen molar-refractivity contribution in [2.45, 2.75) is 19.6 Å². The van der Waals surface area contributed by atoms with Gasteiger partial charge in [-0.05, 0) is 35.1 Å². The number of rotatable bonds is 5. The van der Waals surface area contributed by atoms with Crippen molar-refractivity contribution in [1.82, 2.24) is 5.32 Å². The number of amides is 1. The molecular weight excluding hydrogens is 349 g/mol. The zero-order valence-electron chi connectivity index (χ0n) is 9.89. The lowest BCUT2D eigenvalue weighted by atomic mass is 10.2. The molecule has 1 amide bonds. The summed E-state index contributed by atoms with van der Waals surface area (Å²) >= 11 is 1.89. The van der Waals surface area contributed by atoms with Crippen LogP contribution in [-0.2, 0) is 20.9 Å². The fourth-order valence-corrected chi connectivity index (χ4v) is 1.46. The quantitative estimate of drug-likeness (QED) is 0.495. The normalized spacial score (nSPS) is 11.4. The molecule has 1 atom stereocenters. The fourth-order valence-electron chi connectivity index (χ4n) is 1.18. The number of carbonyl (C=O) groups excluding carboxylic acids is 2. The summed E-state index contributed by atoms with van der Waals surface area (Å²) in [6.07, 6.45) is -0.631. The number of carbonyl (C=O) groups is 2. The molecule has 0 radical (unpaired) electrons. The molecule has 1 N–H and O–H groups in total. The third kappa shape index (κ3) is 5.35. The summed E-state index contributed by atoms with van der Waals surface area (Å²) in [5.41, 5.74) is 0.896. The van der Waals surface area contributed by atoms with Gasteiger partial charge in [0, 0.05) is 0 Å². The number of benzene rings is 1. The Kier molecular flexibility index (Phi) is 6.48. The minimum atomic E-state index is -0.732. The second-order valence-corrected chi connectivity index (χ2v) is 4.12. The van der Waals surface area contributed by atoms with E-state index in [2.05, 4.69) is 10.1 Å². The molecule has 0 bridgehead atoms. The van der Waals surface area contributed by atoms with E-state index in [4.69, 9.17) is 4.74 Å². The van der Waals surface area contributed by atoms with E-state index in [1.807, 2.05) is 52.9 Å². The molecule has 5 nitrogen and oxygen atoms in total. The molecule has 98 valence electrons. The Morgan fingerprint density at radius 1 is 1.28 bits per heavy atom. The Bertz CT molecular complexity index is 396. The maximum absolute atomic E-state index is 11.6. The molecule has 0 fully saturated rings. The van der Waals surface area contributed by atoms with Crippen LogP contribution in [0.5, 0.6) is 0 Å². The van der Waals surface area contributed by atoms with Gasteiger partial charge in [0.2, 0.25) is 0 Å². The first kappa shape index (κ1) is 14.7. The van der Waals surface area contributed by atoms with Crippen LogP contribution in [0.3, 0.4) is 0 Å². The molecule has 0 saturated heterocycles. The number of halogens is 1. The number of alkyl halides is 1. The van der Waals surface area contributed by atoms with Gasteiger partial charge < -0.3 is 14.8 Å². The average molecular weight is 363 g/mol. The van der Waals surface area contributed by atoms with Crippen LogP contribution >= 0.6 is 22.6 Å². The summed E-state index contributed by atoms with van der Waals surface area (Å²) in [4.78, 5) is 22.6. The Labute approximate surface area is 119 Å². The number of esters is 1. The molecule has 1 rings (SSSR count). The highest BCUT2D eigenvalue weighted by Gasteiger charge is 2.17. The standard InChI is InChI=1S/C12H14INO4/c1-9(14-12(16)18-8-13)11(15)17-7-10-5-3-2-4-6-10/h2-6,9H,7-8H2,1H3,(H,14,16)/t9-/m0/s1. The predicted octanol–water partition coefficient (Wildman–Crippen LogP) is 2.24. The molecule has 0 aliphatic heterocycles. The fraction of sp³-hybridized carbons (Fsp3) is 0.333. The number of ether oxygens (including phenoxy) is 2. The summed E-state index contributed by atoms with van der Waals surface area (Å²) in [5, 5.41) is 2.38. The van der Waals surface area contributed by atoms with Crippen molar-refractivity contribution >= 4 is 34.7 Å². The molecule has 0 spiro atoms. The highest BCUT2D eigenvalue weighted by atomic mass is 127. The molecule has 1 aromatic rings. The zero-order valence-corrected chi connectivity index (χ0v) is 12.0. The first-order valence-electron chi connectivity index (χ1n) is 5.33. The van der Waals surface area contributed by atoms with Gasteiger partial charge in [0.15, 0.2) is 0 Å². The van der Waals surface area contributed by atoms with Crippen molar-refractivity contribution in [2.24, 2.45) is 0 Å². The Hall–Kier alpha value is -1.31. The van der Waals surface area contributed by atoms with E-state index in [0.29, 0.717) is 0 Å². The molecule has 18 heavy (non-hydrogen) atoms. The van der Waals surface area contributed by atoms with E-state index in [1.165, 1.54) is 0 Å². The smallest absolute Gasteiger partial charge is 0.408 e. The van der Waals surface area contributed by atoms with E-state index >= 15 is 0 Å². The highest BCUT2D eigenvalue weighted by molar-refractivity contribution is 14.1. The molecule has 6 heteroatoms. The molecule has 0 aliphatic rings. The van der Waals surface area contributed by atoms with Crippen molar-refractivity contribution in [3.8, 4) is 0 Å². The van der Waals surface area contributed by atoms with E-state index in [0.717, 1.165) is 5.56 Å². The first-order chi connectivity index (χ1) is 8.63. The van der Waals surface area contributed by atoms with Crippen molar-refractivity contribution in [3.63, 3.8) is 0 Å². The minimum absolute atomic E-state index is 0.188. The van der Waals surface area contributed by atoms with Gasteiger partial charge in [-0.15, -0.1) is 0 Å². The summed E-state index contributed by atoms with van der Waals surface area (Å²) in [7, 11) is 0. The second-order valence-electron chi connectivity index (χ2n) is 3.50. The highest BCUT2D eigenvalue weighted by Crippen LogP contribution is 2.02. The number of hydrogen-bond donors (Lipinski definition) is 1. The SMILES string of the molecule is C[C@H](NC(=O)OCI)C(=O)OCc1ccccc1. The lowest BCUT2D eigenvalue weighted by Crippen LogP contribution is -2.39. The van der Waals surface area contributed by atoms with E-state index < -0.39 is 18.1 Å². The number of hydrogen-bond acceptors (Lipinski definition) is 4. The zero-order chi connectivity index (χ0) is 13.4. The maximum Gasteiger partial charge on any atom is 0.408 e. The third-order valence-electron chi connectivity index (χ3n) is 2.10.